The van der Waals surface area contributed by atoms with Gasteiger partial charge in [-0.2, -0.15) is 0 Å². The third kappa shape index (κ3) is 2.47. The summed E-state index contributed by atoms with van der Waals surface area (Å²) in [7, 11) is 0. The van der Waals surface area contributed by atoms with Crippen molar-refractivity contribution in [2.45, 2.75) is 38.7 Å². The van der Waals surface area contributed by atoms with Crippen LogP contribution in [0.25, 0.3) is 0 Å². The van der Waals surface area contributed by atoms with Crippen LogP contribution in [0.3, 0.4) is 0 Å². The highest BCUT2D eigenvalue weighted by Gasteiger charge is 2.32. The zero-order valence-corrected chi connectivity index (χ0v) is 8.79. The highest BCUT2D eigenvalue weighted by molar-refractivity contribution is 5.78. The van der Waals surface area contributed by atoms with Gasteiger partial charge in [-0.05, 0) is 31.6 Å². The van der Waals surface area contributed by atoms with Crippen LogP contribution in [0.1, 0.15) is 32.6 Å². The predicted molar refractivity (Wildman–Crippen MR) is 53.9 cm³/mol. The van der Waals surface area contributed by atoms with Gasteiger partial charge >= 0.3 is 0 Å². The highest BCUT2D eigenvalue weighted by Crippen LogP contribution is 2.36. The van der Waals surface area contributed by atoms with Gasteiger partial charge in [0, 0.05) is 19.1 Å². The van der Waals surface area contributed by atoms with E-state index in [1.165, 1.54) is 12.8 Å². The molecular weight excluding hydrogens is 178 g/mol. The second-order valence-electron chi connectivity index (χ2n) is 4.51. The van der Waals surface area contributed by atoms with Crippen molar-refractivity contribution in [3.05, 3.63) is 0 Å². The summed E-state index contributed by atoms with van der Waals surface area (Å²) in [6.45, 7) is 3.59. The fourth-order valence-corrected chi connectivity index (χ4v) is 1.99. The van der Waals surface area contributed by atoms with E-state index in [2.05, 4.69) is 5.32 Å². The van der Waals surface area contributed by atoms with E-state index >= 15 is 0 Å². The first-order valence-electron chi connectivity index (χ1n) is 5.66. The van der Waals surface area contributed by atoms with Crippen molar-refractivity contribution >= 4 is 5.91 Å². The Bertz CT molecular complexity index is 207. The molecule has 1 amide bonds. The molecule has 2 aliphatic rings. The SMILES string of the molecule is CC(C(=O)NCC1CCCO1)C1CC1. The molecule has 3 nitrogen and oxygen atoms in total. The third-order valence-electron chi connectivity index (χ3n) is 3.27. The molecule has 0 aromatic carbocycles. The van der Waals surface area contributed by atoms with E-state index in [4.69, 9.17) is 4.74 Å². The average Bonchev–Trinajstić information content (AvgIpc) is 2.91. The number of rotatable bonds is 4. The molecule has 2 rings (SSSR count). The lowest BCUT2D eigenvalue weighted by Crippen LogP contribution is -2.35. The molecule has 80 valence electrons. The minimum absolute atomic E-state index is 0.205. The molecule has 1 saturated carbocycles. The Balaban J connectivity index is 1.65. The van der Waals surface area contributed by atoms with Crippen molar-refractivity contribution in [1.29, 1.82) is 0 Å². The lowest BCUT2D eigenvalue weighted by molar-refractivity contribution is -0.125. The third-order valence-corrected chi connectivity index (χ3v) is 3.27. The Morgan fingerprint density at radius 1 is 1.50 bits per heavy atom. The first-order valence-corrected chi connectivity index (χ1v) is 5.66. The summed E-state index contributed by atoms with van der Waals surface area (Å²) in [5.41, 5.74) is 0. The highest BCUT2D eigenvalue weighted by atomic mass is 16.5. The molecule has 0 aromatic heterocycles. The Morgan fingerprint density at radius 3 is 2.86 bits per heavy atom. The maximum Gasteiger partial charge on any atom is 0.223 e. The monoisotopic (exact) mass is 197 g/mol. The number of hydrogen-bond acceptors (Lipinski definition) is 2. The number of nitrogens with one attached hydrogen (secondary N) is 1. The van der Waals surface area contributed by atoms with Crippen LogP contribution < -0.4 is 5.32 Å². The number of carbonyl (C=O) groups excluding carboxylic acids is 1. The number of carbonyl (C=O) groups is 1. The van der Waals surface area contributed by atoms with Crippen molar-refractivity contribution in [3.8, 4) is 0 Å². The largest absolute Gasteiger partial charge is 0.376 e. The summed E-state index contributed by atoms with van der Waals surface area (Å²) >= 11 is 0. The van der Waals surface area contributed by atoms with E-state index in [1.54, 1.807) is 0 Å². The molecule has 0 bridgehead atoms. The maximum absolute atomic E-state index is 11.6. The lowest BCUT2D eigenvalue weighted by atomic mass is 10.1. The number of amides is 1. The molecule has 3 heteroatoms. The normalized spacial score (nSPS) is 28.8. The predicted octanol–water partition coefficient (Wildman–Crippen LogP) is 1.33. The summed E-state index contributed by atoms with van der Waals surface area (Å²) < 4.78 is 5.44. The van der Waals surface area contributed by atoms with Gasteiger partial charge in [-0.1, -0.05) is 6.92 Å². The van der Waals surface area contributed by atoms with Gasteiger partial charge in [0.2, 0.25) is 5.91 Å². The van der Waals surface area contributed by atoms with Crippen LogP contribution >= 0.6 is 0 Å². The van der Waals surface area contributed by atoms with Crippen molar-refractivity contribution in [3.63, 3.8) is 0 Å². The Morgan fingerprint density at radius 2 is 2.29 bits per heavy atom. The molecule has 1 saturated heterocycles. The molecule has 0 radical (unpaired) electrons. The molecular formula is C11H19NO2. The number of ether oxygens (including phenoxy) is 1. The van der Waals surface area contributed by atoms with Gasteiger partial charge in [0.05, 0.1) is 6.10 Å². The summed E-state index contributed by atoms with van der Waals surface area (Å²) in [4.78, 5) is 11.6. The smallest absolute Gasteiger partial charge is 0.223 e. The minimum Gasteiger partial charge on any atom is -0.376 e. The van der Waals surface area contributed by atoms with Crippen LogP contribution in [-0.4, -0.2) is 25.2 Å². The molecule has 1 heterocycles. The summed E-state index contributed by atoms with van der Waals surface area (Å²) in [5.74, 6) is 1.07. The Hall–Kier alpha value is -0.570. The van der Waals surface area contributed by atoms with Crippen LogP contribution in [0.2, 0.25) is 0 Å². The molecule has 2 unspecified atom stereocenters. The maximum atomic E-state index is 11.6. The summed E-state index contributed by atoms with van der Waals surface area (Å²) in [6, 6.07) is 0. The fourth-order valence-electron chi connectivity index (χ4n) is 1.99. The lowest BCUT2D eigenvalue weighted by Gasteiger charge is -2.14. The van der Waals surface area contributed by atoms with E-state index in [9.17, 15) is 4.79 Å². The zero-order chi connectivity index (χ0) is 9.97. The Kier molecular flexibility index (Phi) is 3.06. The van der Waals surface area contributed by atoms with E-state index < -0.39 is 0 Å². The fraction of sp³-hybridized carbons (Fsp3) is 0.909. The Labute approximate surface area is 85.2 Å². The van der Waals surface area contributed by atoms with E-state index in [0.29, 0.717) is 12.5 Å². The summed E-state index contributed by atoms with van der Waals surface area (Å²) in [5, 5.41) is 2.98. The minimum atomic E-state index is 0.205. The molecule has 2 atom stereocenters. The standard InChI is InChI=1S/C11H19NO2/c1-8(9-4-5-9)11(13)12-7-10-3-2-6-14-10/h8-10H,2-7H2,1H3,(H,12,13). The second-order valence-corrected chi connectivity index (χ2v) is 4.51. The van der Waals surface area contributed by atoms with Crippen LogP contribution in [0.5, 0.6) is 0 Å². The van der Waals surface area contributed by atoms with Crippen molar-refractivity contribution in [2.75, 3.05) is 13.2 Å². The van der Waals surface area contributed by atoms with Gasteiger partial charge < -0.3 is 10.1 Å². The van der Waals surface area contributed by atoms with Gasteiger partial charge in [0.15, 0.2) is 0 Å². The second kappa shape index (κ2) is 4.30. The first-order chi connectivity index (χ1) is 6.77. The topological polar surface area (TPSA) is 38.3 Å². The van der Waals surface area contributed by atoms with Gasteiger partial charge in [-0.25, -0.2) is 0 Å². The van der Waals surface area contributed by atoms with Crippen LogP contribution in [0.15, 0.2) is 0 Å². The van der Waals surface area contributed by atoms with E-state index in [-0.39, 0.29) is 17.9 Å². The van der Waals surface area contributed by atoms with Gasteiger partial charge in [0.1, 0.15) is 0 Å². The first kappa shape index (κ1) is 9.97. The zero-order valence-electron chi connectivity index (χ0n) is 8.79. The average molecular weight is 197 g/mol. The quantitative estimate of drug-likeness (QED) is 0.738. The van der Waals surface area contributed by atoms with Crippen LogP contribution in [-0.2, 0) is 9.53 Å². The van der Waals surface area contributed by atoms with Gasteiger partial charge in [0.25, 0.3) is 0 Å². The van der Waals surface area contributed by atoms with Gasteiger partial charge in [-0.15, -0.1) is 0 Å². The molecule has 1 aliphatic carbocycles. The molecule has 1 N–H and O–H groups in total. The molecule has 0 spiro atoms. The van der Waals surface area contributed by atoms with Crippen LogP contribution in [0, 0.1) is 11.8 Å². The molecule has 0 aromatic rings. The van der Waals surface area contributed by atoms with E-state index in [1.807, 2.05) is 6.92 Å². The molecule has 2 fully saturated rings. The molecule has 14 heavy (non-hydrogen) atoms. The van der Waals surface area contributed by atoms with Crippen LogP contribution in [0.4, 0.5) is 0 Å². The number of hydrogen-bond donors (Lipinski definition) is 1. The van der Waals surface area contributed by atoms with E-state index in [0.717, 1.165) is 19.4 Å². The van der Waals surface area contributed by atoms with Crippen molar-refractivity contribution < 1.29 is 9.53 Å². The molecule has 1 aliphatic heterocycles. The van der Waals surface area contributed by atoms with Crippen molar-refractivity contribution in [1.82, 2.24) is 5.32 Å². The van der Waals surface area contributed by atoms with Gasteiger partial charge in [-0.3, -0.25) is 4.79 Å². The van der Waals surface area contributed by atoms with Crippen molar-refractivity contribution in [2.24, 2.45) is 11.8 Å². The summed E-state index contributed by atoms with van der Waals surface area (Å²) in [6.07, 6.45) is 4.96.